The van der Waals surface area contributed by atoms with E-state index in [0.29, 0.717) is 40.1 Å². The smallest absolute Gasteiger partial charge is 0.325 e. The fraction of sp³-hybridized carbons (Fsp3) is 0.192. The van der Waals surface area contributed by atoms with Gasteiger partial charge in [-0.2, -0.15) is 13.2 Å². The predicted octanol–water partition coefficient (Wildman–Crippen LogP) is 6.10. The molecule has 2 heterocycles. The lowest BCUT2D eigenvalue weighted by Crippen LogP contribution is -2.36. The molecule has 186 valence electrons. The van der Waals surface area contributed by atoms with E-state index in [1.807, 2.05) is 19.1 Å². The summed E-state index contributed by atoms with van der Waals surface area (Å²) >= 11 is 0.713. The number of nitrogens with one attached hydrogen (secondary N) is 1. The highest BCUT2D eigenvalue weighted by atomic mass is 32.2. The standard InChI is InChI=1S/C26H22F3N3O3S/c1-15-7-9-20(10-8-15)30-23(33)14-31-24(34)22(36-25(31)35)12-18-11-16(2)32(17(18)3)21-6-4-5-19(13-21)26(27,28)29/h4-13H,14H2,1-3H3,(H,30,33). The number of carbonyl (C=O) groups is 3. The SMILES string of the molecule is Cc1ccc(NC(=O)CN2C(=O)SC(=Cc3cc(C)n(-c4cccc(C(F)(F)F)c4)c3C)C2=O)cc1. The van der Waals surface area contributed by atoms with Gasteiger partial charge in [0.15, 0.2) is 0 Å². The van der Waals surface area contributed by atoms with Crippen LogP contribution in [0.1, 0.15) is 28.1 Å². The van der Waals surface area contributed by atoms with E-state index in [1.54, 1.807) is 42.7 Å². The predicted molar refractivity (Wildman–Crippen MR) is 133 cm³/mol. The Morgan fingerprint density at radius 3 is 2.39 bits per heavy atom. The molecule has 36 heavy (non-hydrogen) atoms. The summed E-state index contributed by atoms with van der Waals surface area (Å²) in [5.74, 6) is -1.11. The van der Waals surface area contributed by atoms with Crippen LogP contribution in [0.2, 0.25) is 0 Å². The number of imide groups is 1. The molecule has 1 saturated heterocycles. The fourth-order valence-electron chi connectivity index (χ4n) is 3.91. The molecular formula is C26H22F3N3O3S. The third-order valence-electron chi connectivity index (χ3n) is 5.70. The van der Waals surface area contributed by atoms with Crippen LogP contribution in [-0.4, -0.2) is 33.1 Å². The highest BCUT2D eigenvalue weighted by Gasteiger charge is 2.36. The second-order valence-electron chi connectivity index (χ2n) is 8.39. The third-order valence-corrected chi connectivity index (χ3v) is 6.61. The van der Waals surface area contributed by atoms with Crippen molar-refractivity contribution in [2.24, 2.45) is 0 Å². The summed E-state index contributed by atoms with van der Waals surface area (Å²) in [4.78, 5) is 38.7. The lowest BCUT2D eigenvalue weighted by atomic mass is 10.2. The van der Waals surface area contributed by atoms with E-state index in [9.17, 15) is 27.6 Å². The average Bonchev–Trinajstić information content (AvgIpc) is 3.24. The van der Waals surface area contributed by atoms with Crippen molar-refractivity contribution in [3.05, 3.63) is 87.6 Å². The van der Waals surface area contributed by atoms with Gasteiger partial charge in [0.25, 0.3) is 11.1 Å². The van der Waals surface area contributed by atoms with Crippen LogP contribution in [0.15, 0.2) is 59.5 Å². The van der Waals surface area contributed by atoms with Crippen molar-refractivity contribution in [1.82, 2.24) is 9.47 Å². The van der Waals surface area contributed by atoms with Crippen LogP contribution < -0.4 is 5.32 Å². The zero-order valence-corrected chi connectivity index (χ0v) is 20.5. The Kier molecular flexibility index (Phi) is 6.81. The third kappa shape index (κ3) is 5.23. The van der Waals surface area contributed by atoms with Crippen molar-refractivity contribution >= 4 is 40.6 Å². The Bertz CT molecular complexity index is 1390. The van der Waals surface area contributed by atoms with Gasteiger partial charge in [0.05, 0.1) is 10.5 Å². The number of halogens is 3. The Labute approximate surface area is 209 Å². The Morgan fingerprint density at radius 2 is 1.72 bits per heavy atom. The van der Waals surface area contributed by atoms with Gasteiger partial charge in [0, 0.05) is 22.8 Å². The zero-order chi connectivity index (χ0) is 26.2. The molecule has 0 unspecified atom stereocenters. The number of nitrogens with zero attached hydrogens (tertiary/aromatic N) is 2. The molecule has 1 aliphatic rings. The summed E-state index contributed by atoms with van der Waals surface area (Å²) < 4.78 is 41.2. The van der Waals surface area contributed by atoms with Crippen molar-refractivity contribution in [2.75, 3.05) is 11.9 Å². The molecule has 0 aliphatic carbocycles. The largest absolute Gasteiger partial charge is 0.416 e. The molecule has 3 amide bonds. The van der Waals surface area contributed by atoms with Gasteiger partial charge in [-0.1, -0.05) is 23.8 Å². The molecule has 10 heteroatoms. The number of hydrogen-bond donors (Lipinski definition) is 1. The highest BCUT2D eigenvalue weighted by molar-refractivity contribution is 8.18. The molecule has 0 spiro atoms. The first-order valence-corrected chi connectivity index (χ1v) is 11.7. The molecule has 1 aromatic heterocycles. The van der Waals surface area contributed by atoms with Crippen LogP contribution in [-0.2, 0) is 15.8 Å². The van der Waals surface area contributed by atoms with E-state index >= 15 is 0 Å². The van der Waals surface area contributed by atoms with E-state index in [-0.39, 0.29) is 4.91 Å². The summed E-state index contributed by atoms with van der Waals surface area (Å²) in [6.07, 6.45) is -2.95. The summed E-state index contributed by atoms with van der Waals surface area (Å²) in [5, 5.41) is 2.09. The molecule has 1 aliphatic heterocycles. The quantitative estimate of drug-likeness (QED) is 0.419. The number of alkyl halides is 3. The number of benzene rings is 2. The number of carbonyl (C=O) groups excluding carboxylic acids is 3. The van der Waals surface area contributed by atoms with Gasteiger partial charge >= 0.3 is 6.18 Å². The van der Waals surface area contributed by atoms with Crippen LogP contribution in [0.3, 0.4) is 0 Å². The monoisotopic (exact) mass is 513 g/mol. The lowest BCUT2D eigenvalue weighted by molar-refractivity contribution is -0.137. The molecule has 0 radical (unpaired) electrons. The van der Waals surface area contributed by atoms with Crippen LogP contribution in [0, 0.1) is 20.8 Å². The van der Waals surface area contributed by atoms with Gasteiger partial charge in [-0.25, -0.2) is 0 Å². The number of amides is 3. The van der Waals surface area contributed by atoms with Gasteiger partial charge in [0.1, 0.15) is 6.54 Å². The lowest BCUT2D eigenvalue weighted by Gasteiger charge is -2.13. The first-order chi connectivity index (χ1) is 16.9. The minimum atomic E-state index is -4.47. The molecule has 2 aromatic carbocycles. The van der Waals surface area contributed by atoms with Gasteiger partial charge in [-0.05, 0) is 80.6 Å². The van der Waals surface area contributed by atoms with Crippen LogP contribution in [0.4, 0.5) is 23.7 Å². The number of aromatic nitrogens is 1. The zero-order valence-electron chi connectivity index (χ0n) is 19.6. The summed E-state index contributed by atoms with van der Waals surface area (Å²) in [5.41, 5.74) is 3.00. The van der Waals surface area contributed by atoms with Crippen LogP contribution in [0.25, 0.3) is 11.8 Å². The second kappa shape index (κ2) is 9.69. The summed E-state index contributed by atoms with van der Waals surface area (Å²) in [7, 11) is 0. The first-order valence-electron chi connectivity index (χ1n) is 10.9. The molecule has 1 N–H and O–H groups in total. The number of hydrogen-bond acceptors (Lipinski definition) is 4. The Morgan fingerprint density at radius 1 is 1.03 bits per heavy atom. The van der Waals surface area contributed by atoms with E-state index < -0.39 is 35.3 Å². The average molecular weight is 514 g/mol. The number of aryl methyl sites for hydroxylation is 2. The van der Waals surface area contributed by atoms with Crippen molar-refractivity contribution in [2.45, 2.75) is 26.9 Å². The maximum Gasteiger partial charge on any atom is 0.416 e. The van der Waals surface area contributed by atoms with Gasteiger partial charge in [-0.3, -0.25) is 19.3 Å². The molecule has 3 aromatic rings. The molecular weight excluding hydrogens is 491 g/mol. The summed E-state index contributed by atoms with van der Waals surface area (Å²) in [6, 6.07) is 13.8. The second-order valence-corrected chi connectivity index (χ2v) is 9.39. The van der Waals surface area contributed by atoms with Gasteiger partial charge in [0.2, 0.25) is 5.91 Å². The summed E-state index contributed by atoms with van der Waals surface area (Å²) in [6.45, 7) is 4.94. The van der Waals surface area contributed by atoms with Crippen LogP contribution in [0.5, 0.6) is 0 Å². The number of anilines is 1. The first kappa shape index (κ1) is 25.3. The maximum atomic E-state index is 13.2. The molecule has 6 nitrogen and oxygen atoms in total. The minimum absolute atomic E-state index is 0.132. The van der Waals surface area contributed by atoms with Crippen molar-refractivity contribution in [3.63, 3.8) is 0 Å². The Balaban J connectivity index is 1.55. The molecule has 0 bridgehead atoms. The van der Waals surface area contributed by atoms with Gasteiger partial charge in [-0.15, -0.1) is 0 Å². The topological polar surface area (TPSA) is 71.4 Å². The minimum Gasteiger partial charge on any atom is -0.325 e. The Hall–Kier alpha value is -3.79. The van der Waals surface area contributed by atoms with E-state index in [2.05, 4.69) is 5.32 Å². The maximum absolute atomic E-state index is 13.2. The molecule has 1 fully saturated rings. The highest BCUT2D eigenvalue weighted by Crippen LogP contribution is 2.35. The van der Waals surface area contributed by atoms with Crippen molar-refractivity contribution < 1.29 is 27.6 Å². The van der Waals surface area contributed by atoms with Crippen molar-refractivity contribution in [1.29, 1.82) is 0 Å². The number of thioether (sulfide) groups is 1. The van der Waals surface area contributed by atoms with Crippen LogP contribution >= 0.6 is 11.8 Å². The van der Waals surface area contributed by atoms with E-state index in [1.165, 1.54) is 12.1 Å². The van der Waals surface area contributed by atoms with Gasteiger partial charge < -0.3 is 9.88 Å². The van der Waals surface area contributed by atoms with E-state index in [4.69, 9.17) is 0 Å². The molecule has 0 saturated carbocycles. The molecule has 0 atom stereocenters. The number of rotatable bonds is 5. The van der Waals surface area contributed by atoms with E-state index in [0.717, 1.165) is 22.6 Å². The molecule has 4 rings (SSSR count). The normalized spacial score (nSPS) is 15.2. The van der Waals surface area contributed by atoms with Crippen molar-refractivity contribution in [3.8, 4) is 5.69 Å². The fourth-order valence-corrected chi connectivity index (χ4v) is 4.74.